The number of thiazole rings is 1. The second kappa shape index (κ2) is 9.86. The summed E-state index contributed by atoms with van der Waals surface area (Å²) in [5, 5.41) is 12.7. The minimum atomic E-state index is -0.913. The lowest BCUT2D eigenvalue weighted by molar-refractivity contribution is -0.385. The summed E-state index contributed by atoms with van der Waals surface area (Å²) in [7, 11) is 0. The van der Waals surface area contributed by atoms with Crippen molar-refractivity contribution in [2.45, 2.75) is 40.3 Å². The van der Waals surface area contributed by atoms with Crippen molar-refractivity contribution in [3.63, 3.8) is 0 Å². The maximum absolute atomic E-state index is 13.9. The van der Waals surface area contributed by atoms with Crippen LogP contribution in [-0.4, -0.2) is 26.6 Å². The first kappa shape index (κ1) is 25.3. The Morgan fingerprint density at radius 3 is 2.68 bits per heavy atom. The first-order valence-electron chi connectivity index (χ1n) is 12.3. The van der Waals surface area contributed by atoms with Gasteiger partial charge in [-0.25, -0.2) is 9.79 Å². The van der Waals surface area contributed by atoms with Crippen LogP contribution in [0.25, 0.3) is 17.0 Å². The number of hydrogen-bond donors (Lipinski definition) is 0. The molecule has 1 atom stereocenters. The minimum Gasteiger partial charge on any atom is -0.463 e. The maximum Gasteiger partial charge on any atom is 0.338 e. The van der Waals surface area contributed by atoms with Crippen molar-refractivity contribution >= 4 is 40.0 Å². The fourth-order valence-corrected chi connectivity index (χ4v) is 5.93. The van der Waals surface area contributed by atoms with Gasteiger partial charge < -0.3 is 9.30 Å². The molecule has 0 spiro atoms. The van der Waals surface area contributed by atoms with Crippen LogP contribution in [0.3, 0.4) is 0 Å². The van der Waals surface area contributed by atoms with Crippen LogP contribution in [0.2, 0.25) is 0 Å². The summed E-state index contributed by atoms with van der Waals surface area (Å²) < 4.78 is 9.33. The van der Waals surface area contributed by atoms with Gasteiger partial charge in [0.1, 0.15) is 0 Å². The van der Waals surface area contributed by atoms with Gasteiger partial charge in [0.15, 0.2) is 4.80 Å². The van der Waals surface area contributed by atoms with E-state index in [9.17, 15) is 19.7 Å². The molecule has 10 heteroatoms. The van der Waals surface area contributed by atoms with Gasteiger partial charge in [-0.1, -0.05) is 41.7 Å². The largest absolute Gasteiger partial charge is 0.463 e. The third kappa shape index (κ3) is 4.16. The Morgan fingerprint density at radius 1 is 1.21 bits per heavy atom. The lowest BCUT2D eigenvalue weighted by Gasteiger charge is -2.24. The van der Waals surface area contributed by atoms with E-state index in [2.05, 4.69) is 16.5 Å². The number of allylic oxidation sites excluding steroid dienone is 1. The first-order valence-corrected chi connectivity index (χ1v) is 13.1. The topological polar surface area (TPSA) is 109 Å². The molecule has 4 aromatic rings. The number of nitro groups is 1. The van der Waals surface area contributed by atoms with Crippen molar-refractivity contribution in [2.24, 2.45) is 4.99 Å². The number of hydrogen-bond acceptors (Lipinski definition) is 7. The van der Waals surface area contributed by atoms with Crippen molar-refractivity contribution < 1.29 is 14.5 Å². The molecule has 0 aliphatic carbocycles. The number of aryl methyl sites for hydroxylation is 2. The Hall–Kier alpha value is -4.31. The molecule has 0 unspecified atom stereocenters. The summed E-state index contributed by atoms with van der Waals surface area (Å²) in [6, 6.07) is 11.8. The molecule has 9 nitrogen and oxygen atoms in total. The van der Waals surface area contributed by atoms with E-state index in [-0.39, 0.29) is 23.4 Å². The monoisotopic (exact) mass is 530 g/mol. The normalized spacial score (nSPS) is 15.5. The van der Waals surface area contributed by atoms with Crippen LogP contribution in [-0.2, 0) is 16.1 Å². The Morgan fingerprint density at radius 2 is 1.97 bits per heavy atom. The number of benzene rings is 2. The molecular weight excluding hydrogens is 504 g/mol. The highest BCUT2D eigenvalue weighted by molar-refractivity contribution is 7.07. The van der Waals surface area contributed by atoms with Gasteiger partial charge in [0.25, 0.3) is 11.2 Å². The second-order valence-electron chi connectivity index (χ2n) is 8.99. The van der Waals surface area contributed by atoms with Gasteiger partial charge in [-0.2, -0.15) is 0 Å². The molecule has 0 saturated carbocycles. The molecule has 5 rings (SSSR count). The molecule has 1 aliphatic rings. The predicted octanol–water partition coefficient (Wildman–Crippen LogP) is 3.99. The number of esters is 1. The molecule has 38 heavy (non-hydrogen) atoms. The second-order valence-corrected chi connectivity index (χ2v) is 10.0. The number of para-hydroxylation sites is 1. The Balaban J connectivity index is 1.77. The Bertz CT molecular complexity index is 1830. The van der Waals surface area contributed by atoms with Crippen LogP contribution in [0.4, 0.5) is 5.69 Å². The van der Waals surface area contributed by atoms with Crippen LogP contribution in [0.15, 0.2) is 69.7 Å². The quantitative estimate of drug-likeness (QED) is 0.213. The highest BCUT2D eigenvalue weighted by Crippen LogP contribution is 2.33. The Kier molecular flexibility index (Phi) is 6.58. The SMILES string of the molecule is CCOC(=O)C1=C(C)N=c2s/c(=C/c3cn(CC)c4ccccc34)c(=O)n2[C@H]1c1ccc(C)c([N+](=O)[O-])c1. The van der Waals surface area contributed by atoms with Crippen molar-refractivity contribution in [3.05, 3.63) is 106 Å². The molecule has 0 radical (unpaired) electrons. The molecule has 0 fully saturated rings. The van der Waals surface area contributed by atoms with E-state index in [1.54, 1.807) is 32.9 Å². The van der Waals surface area contributed by atoms with Crippen LogP contribution < -0.4 is 14.9 Å². The zero-order valence-corrected chi connectivity index (χ0v) is 22.2. The fraction of sp³-hybridized carbons (Fsp3) is 0.250. The number of nitro benzene ring substituents is 1. The summed E-state index contributed by atoms with van der Waals surface area (Å²) in [4.78, 5) is 43.2. The zero-order valence-electron chi connectivity index (χ0n) is 21.4. The number of carbonyl (C=O) groups excluding carboxylic acids is 1. The lowest BCUT2D eigenvalue weighted by atomic mass is 9.94. The molecule has 3 heterocycles. The minimum absolute atomic E-state index is 0.0881. The van der Waals surface area contributed by atoms with Gasteiger partial charge in [-0.3, -0.25) is 19.5 Å². The highest BCUT2D eigenvalue weighted by atomic mass is 32.1. The maximum atomic E-state index is 13.9. The van der Waals surface area contributed by atoms with E-state index in [0.29, 0.717) is 26.2 Å². The summed E-state index contributed by atoms with van der Waals surface area (Å²) in [6.45, 7) is 8.01. The van der Waals surface area contributed by atoms with E-state index in [0.717, 1.165) is 23.0 Å². The van der Waals surface area contributed by atoms with E-state index >= 15 is 0 Å². The molecule has 1 aliphatic heterocycles. The van der Waals surface area contributed by atoms with Crippen LogP contribution >= 0.6 is 11.3 Å². The lowest BCUT2D eigenvalue weighted by Crippen LogP contribution is -2.40. The van der Waals surface area contributed by atoms with Gasteiger partial charge in [-0.05, 0) is 45.4 Å². The smallest absolute Gasteiger partial charge is 0.338 e. The zero-order chi connectivity index (χ0) is 27.1. The van der Waals surface area contributed by atoms with Gasteiger partial charge >= 0.3 is 5.97 Å². The van der Waals surface area contributed by atoms with Gasteiger partial charge in [0.05, 0.1) is 33.4 Å². The first-order chi connectivity index (χ1) is 18.2. The van der Waals surface area contributed by atoms with E-state index < -0.39 is 16.9 Å². The average Bonchev–Trinajstić information content (AvgIpc) is 3.40. The molecule has 2 aromatic heterocycles. The Labute approximate surface area is 221 Å². The summed E-state index contributed by atoms with van der Waals surface area (Å²) in [6.07, 6.45) is 3.86. The third-order valence-corrected chi connectivity index (χ3v) is 7.69. The van der Waals surface area contributed by atoms with Crippen molar-refractivity contribution in [2.75, 3.05) is 6.61 Å². The standard InChI is InChI=1S/C28H26N4O5S/c1-5-30-15-19(20-9-7-8-10-21(20)30)14-23-26(33)31-25(18-12-11-16(3)22(13-18)32(35)36)24(27(34)37-6-2)17(4)29-28(31)38-23/h7-15,25H,5-6H2,1-4H3/b23-14+/t25-/m0/s1. The van der Waals surface area contributed by atoms with Gasteiger partial charge in [-0.15, -0.1) is 0 Å². The molecule has 0 saturated heterocycles. The van der Waals surface area contributed by atoms with Gasteiger partial charge in [0, 0.05) is 40.8 Å². The molecule has 0 amide bonds. The summed E-state index contributed by atoms with van der Waals surface area (Å²) >= 11 is 1.22. The summed E-state index contributed by atoms with van der Waals surface area (Å²) in [5.41, 5.74) is 3.07. The number of carbonyl (C=O) groups is 1. The number of rotatable bonds is 6. The van der Waals surface area contributed by atoms with E-state index in [1.165, 1.54) is 22.0 Å². The molecule has 0 bridgehead atoms. The molecule has 0 N–H and O–H groups in total. The van der Waals surface area contributed by atoms with Crippen LogP contribution in [0.1, 0.15) is 43.5 Å². The third-order valence-electron chi connectivity index (χ3n) is 6.71. The summed E-state index contributed by atoms with van der Waals surface area (Å²) in [5.74, 6) is -0.609. The van der Waals surface area contributed by atoms with Crippen molar-refractivity contribution in [1.82, 2.24) is 9.13 Å². The van der Waals surface area contributed by atoms with Gasteiger partial charge in [0.2, 0.25) is 0 Å². The molecular formula is C28H26N4O5S. The van der Waals surface area contributed by atoms with Crippen molar-refractivity contribution in [1.29, 1.82) is 0 Å². The van der Waals surface area contributed by atoms with E-state index in [4.69, 9.17) is 4.74 Å². The predicted molar refractivity (Wildman–Crippen MR) is 146 cm³/mol. The number of aromatic nitrogens is 2. The molecule has 194 valence electrons. The van der Waals surface area contributed by atoms with E-state index in [1.807, 2.05) is 36.5 Å². The highest BCUT2D eigenvalue weighted by Gasteiger charge is 2.34. The molecule has 2 aromatic carbocycles. The van der Waals surface area contributed by atoms with Crippen LogP contribution in [0, 0.1) is 17.0 Å². The number of fused-ring (bicyclic) bond motifs is 2. The number of nitrogens with zero attached hydrogens (tertiary/aromatic N) is 4. The average molecular weight is 531 g/mol. The fourth-order valence-electron chi connectivity index (χ4n) is 4.89. The number of ether oxygens (including phenoxy) is 1. The van der Waals surface area contributed by atoms with Crippen LogP contribution in [0.5, 0.6) is 0 Å². The van der Waals surface area contributed by atoms with Crippen molar-refractivity contribution in [3.8, 4) is 0 Å².